The number of anilines is 1. The zero-order valence-electron chi connectivity index (χ0n) is 18.1. The smallest absolute Gasteiger partial charge is 0.250 e. The molecule has 2 aromatic carbocycles. The van der Waals surface area contributed by atoms with E-state index in [1.165, 1.54) is 0 Å². The average Bonchev–Trinajstić information content (AvgIpc) is 2.81. The maximum atomic E-state index is 6.16. The van der Waals surface area contributed by atoms with Crippen LogP contribution in [0, 0.1) is 5.92 Å². The maximum Gasteiger partial charge on any atom is 0.250 e. The van der Waals surface area contributed by atoms with Crippen molar-refractivity contribution in [2.75, 3.05) is 38.6 Å². The Balaban J connectivity index is 1.67. The molecule has 6 nitrogen and oxygen atoms in total. The molecule has 0 amide bonds. The third-order valence-corrected chi connectivity index (χ3v) is 6.44. The van der Waals surface area contributed by atoms with Gasteiger partial charge in [0.15, 0.2) is 11.6 Å². The Morgan fingerprint density at radius 1 is 1.03 bits per heavy atom. The van der Waals surface area contributed by atoms with Gasteiger partial charge >= 0.3 is 0 Å². The van der Waals surface area contributed by atoms with Crippen molar-refractivity contribution in [2.45, 2.75) is 23.6 Å². The normalized spacial score (nSPS) is 15.8. The monoisotopic (exact) mass is 493 g/mol. The van der Waals surface area contributed by atoms with Gasteiger partial charge < -0.3 is 15.0 Å². The van der Waals surface area contributed by atoms with Crippen LogP contribution < -0.4 is 10.1 Å². The van der Waals surface area contributed by atoms with E-state index in [0.29, 0.717) is 17.7 Å². The van der Waals surface area contributed by atoms with Crippen molar-refractivity contribution in [1.29, 1.82) is 0 Å². The van der Waals surface area contributed by atoms with Gasteiger partial charge in [-0.05, 0) is 55.9 Å². The highest BCUT2D eigenvalue weighted by Crippen LogP contribution is 2.38. The first-order valence-corrected chi connectivity index (χ1v) is 11.9. The SMILES string of the molecule is CCN1CCC(CNc2nc(-c3ccc(OC)c4ccccc34)nc(C(Cl)(Cl)Cl)n2)CC1. The molecular weight excluding hydrogens is 469 g/mol. The Bertz CT molecular complexity index is 1080. The molecule has 3 aromatic rings. The summed E-state index contributed by atoms with van der Waals surface area (Å²) < 4.78 is 3.75. The first kappa shape index (κ1) is 23.3. The van der Waals surface area contributed by atoms with Crippen LogP contribution in [0.4, 0.5) is 5.95 Å². The van der Waals surface area contributed by atoms with E-state index >= 15 is 0 Å². The van der Waals surface area contributed by atoms with Crippen molar-refractivity contribution in [1.82, 2.24) is 19.9 Å². The number of benzene rings is 2. The summed E-state index contributed by atoms with van der Waals surface area (Å²) in [6.45, 7) is 6.29. The highest BCUT2D eigenvalue weighted by atomic mass is 35.6. The van der Waals surface area contributed by atoms with Crippen molar-refractivity contribution in [3.05, 3.63) is 42.2 Å². The van der Waals surface area contributed by atoms with Crippen LogP contribution in [0.2, 0.25) is 0 Å². The minimum atomic E-state index is -1.76. The molecule has 0 spiro atoms. The van der Waals surface area contributed by atoms with Crippen LogP contribution in [0.3, 0.4) is 0 Å². The van der Waals surface area contributed by atoms with E-state index < -0.39 is 3.79 Å². The van der Waals surface area contributed by atoms with E-state index in [1.807, 2.05) is 36.4 Å². The highest BCUT2D eigenvalue weighted by Gasteiger charge is 2.29. The molecule has 2 heterocycles. The van der Waals surface area contributed by atoms with Crippen molar-refractivity contribution in [3.63, 3.8) is 0 Å². The van der Waals surface area contributed by atoms with Gasteiger partial charge in [0.05, 0.1) is 7.11 Å². The Hall–Kier alpha value is -1.86. The molecule has 1 aliphatic heterocycles. The molecule has 0 aliphatic carbocycles. The van der Waals surface area contributed by atoms with Gasteiger partial charge in [0.2, 0.25) is 9.74 Å². The molecule has 0 radical (unpaired) electrons. The molecule has 1 N–H and O–H groups in total. The lowest BCUT2D eigenvalue weighted by Gasteiger charge is -2.31. The standard InChI is InChI=1S/C23H26Cl3N5O/c1-3-31-12-10-15(11-13-31)14-27-22-29-20(28-21(30-22)23(24,25)26)18-8-9-19(32-2)17-7-5-4-6-16(17)18/h4-9,15H,3,10-14H2,1-2H3,(H,27,28,29,30). The molecule has 1 aliphatic rings. The number of ether oxygens (including phenoxy) is 1. The molecule has 170 valence electrons. The van der Waals surface area contributed by atoms with Crippen molar-refractivity contribution in [2.24, 2.45) is 5.92 Å². The number of nitrogens with zero attached hydrogens (tertiary/aromatic N) is 4. The molecule has 9 heteroatoms. The predicted molar refractivity (Wildman–Crippen MR) is 132 cm³/mol. The Labute approximate surface area is 203 Å². The van der Waals surface area contributed by atoms with Gasteiger partial charge in [0.25, 0.3) is 0 Å². The molecule has 0 atom stereocenters. The number of hydrogen-bond acceptors (Lipinski definition) is 6. The fraction of sp³-hybridized carbons (Fsp3) is 0.435. The van der Waals surface area contributed by atoms with Crippen LogP contribution in [0.15, 0.2) is 36.4 Å². The van der Waals surface area contributed by atoms with Gasteiger partial charge in [-0.3, -0.25) is 0 Å². The Morgan fingerprint density at radius 2 is 1.75 bits per heavy atom. The third-order valence-electron chi connectivity index (χ3n) is 5.94. The van der Waals surface area contributed by atoms with Crippen LogP contribution in [-0.4, -0.2) is 53.1 Å². The number of rotatable bonds is 6. The lowest BCUT2D eigenvalue weighted by molar-refractivity contribution is 0.198. The van der Waals surface area contributed by atoms with E-state index in [4.69, 9.17) is 39.5 Å². The van der Waals surface area contributed by atoms with Gasteiger partial charge in [-0.15, -0.1) is 0 Å². The fourth-order valence-electron chi connectivity index (χ4n) is 4.09. The number of alkyl halides is 3. The Kier molecular flexibility index (Phi) is 7.25. The maximum absolute atomic E-state index is 6.16. The molecule has 1 saturated heterocycles. The summed E-state index contributed by atoms with van der Waals surface area (Å²) in [5, 5.41) is 5.27. The number of fused-ring (bicyclic) bond motifs is 1. The minimum absolute atomic E-state index is 0.0932. The van der Waals surface area contributed by atoms with E-state index in [2.05, 4.69) is 32.1 Å². The van der Waals surface area contributed by atoms with Gasteiger partial charge in [-0.2, -0.15) is 9.97 Å². The Morgan fingerprint density at radius 3 is 2.41 bits per heavy atom. The van der Waals surface area contributed by atoms with Crippen LogP contribution in [-0.2, 0) is 3.79 Å². The van der Waals surface area contributed by atoms with E-state index in [9.17, 15) is 0 Å². The van der Waals surface area contributed by atoms with Gasteiger partial charge in [0.1, 0.15) is 5.75 Å². The second-order valence-electron chi connectivity index (χ2n) is 7.92. The predicted octanol–water partition coefficient (Wildman–Crippen LogP) is 5.67. The topological polar surface area (TPSA) is 63.2 Å². The van der Waals surface area contributed by atoms with Crippen molar-refractivity contribution < 1.29 is 4.74 Å². The zero-order valence-corrected chi connectivity index (χ0v) is 20.4. The molecule has 1 fully saturated rings. The van der Waals surface area contributed by atoms with Crippen LogP contribution in [0.1, 0.15) is 25.6 Å². The fourth-order valence-corrected chi connectivity index (χ4v) is 4.34. The van der Waals surface area contributed by atoms with Gasteiger partial charge in [-0.25, -0.2) is 4.98 Å². The number of nitrogens with one attached hydrogen (secondary N) is 1. The van der Waals surface area contributed by atoms with Crippen LogP contribution in [0.5, 0.6) is 5.75 Å². The summed E-state index contributed by atoms with van der Waals surface area (Å²) in [6.07, 6.45) is 2.28. The van der Waals surface area contributed by atoms with Crippen molar-refractivity contribution in [3.8, 4) is 17.1 Å². The summed E-state index contributed by atoms with van der Waals surface area (Å²) in [5.74, 6) is 2.28. The minimum Gasteiger partial charge on any atom is -0.496 e. The second-order valence-corrected chi connectivity index (χ2v) is 10.2. The molecule has 32 heavy (non-hydrogen) atoms. The number of hydrogen-bond donors (Lipinski definition) is 1. The summed E-state index contributed by atoms with van der Waals surface area (Å²) >= 11 is 18.5. The molecule has 0 saturated carbocycles. The highest BCUT2D eigenvalue weighted by molar-refractivity contribution is 6.66. The van der Waals surface area contributed by atoms with Crippen LogP contribution in [0.25, 0.3) is 22.2 Å². The largest absolute Gasteiger partial charge is 0.496 e. The lowest BCUT2D eigenvalue weighted by atomic mass is 9.97. The average molecular weight is 495 g/mol. The van der Waals surface area contributed by atoms with Gasteiger partial charge in [0, 0.05) is 17.5 Å². The summed E-state index contributed by atoms with van der Waals surface area (Å²) in [7, 11) is 1.65. The zero-order chi connectivity index (χ0) is 22.7. The summed E-state index contributed by atoms with van der Waals surface area (Å²) in [4.78, 5) is 16.0. The summed E-state index contributed by atoms with van der Waals surface area (Å²) in [5.41, 5.74) is 0.818. The first-order valence-electron chi connectivity index (χ1n) is 10.7. The number of likely N-dealkylation sites (tertiary alicyclic amines) is 1. The molecule has 4 rings (SSSR count). The molecule has 0 unspecified atom stereocenters. The third kappa shape index (κ3) is 5.20. The quantitative estimate of drug-likeness (QED) is 0.445. The molecule has 1 aromatic heterocycles. The number of piperidine rings is 1. The van der Waals surface area contributed by atoms with E-state index in [1.54, 1.807) is 7.11 Å². The first-order chi connectivity index (χ1) is 15.4. The number of methoxy groups -OCH3 is 1. The van der Waals surface area contributed by atoms with Gasteiger partial charge in [-0.1, -0.05) is 66.0 Å². The van der Waals surface area contributed by atoms with Crippen LogP contribution >= 0.6 is 34.8 Å². The van der Waals surface area contributed by atoms with E-state index in [0.717, 1.165) is 61.1 Å². The number of aromatic nitrogens is 3. The second kappa shape index (κ2) is 9.96. The molecular formula is C23H26Cl3N5O. The lowest BCUT2D eigenvalue weighted by Crippen LogP contribution is -2.35. The van der Waals surface area contributed by atoms with E-state index in [-0.39, 0.29) is 5.82 Å². The van der Waals surface area contributed by atoms with Crippen molar-refractivity contribution >= 4 is 51.5 Å². The molecule has 0 bridgehead atoms. The summed E-state index contributed by atoms with van der Waals surface area (Å²) in [6, 6.07) is 11.7. The number of halogens is 3.